The summed E-state index contributed by atoms with van der Waals surface area (Å²) in [6, 6.07) is 6.45. The zero-order chi connectivity index (χ0) is 20.7. The van der Waals surface area contributed by atoms with E-state index in [1.54, 1.807) is 6.33 Å². The van der Waals surface area contributed by atoms with Gasteiger partial charge < -0.3 is 14.7 Å². The Balaban J connectivity index is 1.34. The normalized spacial score (nSPS) is 17.2. The molecule has 0 unspecified atom stereocenters. The SMILES string of the molecule is Cc1nc(C)c(C(=O)N2CCN(c3ccc4ncnc(N5CCCC5)c4c3)CC2)s1. The molecule has 156 valence electrons. The molecule has 2 saturated heterocycles. The molecule has 0 aliphatic carbocycles. The fourth-order valence-electron chi connectivity index (χ4n) is 4.45. The number of aryl methyl sites for hydroxylation is 2. The molecule has 2 aliphatic heterocycles. The summed E-state index contributed by atoms with van der Waals surface area (Å²) in [6.45, 7) is 9.08. The minimum atomic E-state index is 0.112. The molecule has 0 N–H and O–H groups in total. The quantitative estimate of drug-likeness (QED) is 0.646. The first-order valence-electron chi connectivity index (χ1n) is 10.6. The highest BCUT2D eigenvalue weighted by molar-refractivity contribution is 7.13. The third-order valence-electron chi connectivity index (χ3n) is 6.03. The summed E-state index contributed by atoms with van der Waals surface area (Å²) in [5, 5.41) is 2.06. The van der Waals surface area contributed by atoms with Crippen LogP contribution >= 0.6 is 11.3 Å². The maximum absolute atomic E-state index is 12.9. The average Bonchev–Trinajstić information content (AvgIpc) is 3.42. The summed E-state index contributed by atoms with van der Waals surface area (Å²) in [5.74, 6) is 1.16. The molecule has 0 spiro atoms. The van der Waals surface area contributed by atoms with Crippen LogP contribution in [0.4, 0.5) is 11.5 Å². The zero-order valence-electron chi connectivity index (χ0n) is 17.5. The number of carbonyl (C=O) groups excluding carboxylic acids is 1. The van der Waals surface area contributed by atoms with E-state index in [0.717, 1.165) is 71.6 Å². The van der Waals surface area contributed by atoms with Crippen LogP contribution in [0.2, 0.25) is 0 Å². The van der Waals surface area contributed by atoms with Gasteiger partial charge >= 0.3 is 0 Å². The third kappa shape index (κ3) is 3.49. The molecule has 4 heterocycles. The Bertz CT molecular complexity index is 1080. The van der Waals surface area contributed by atoms with Crippen LogP contribution in [0.25, 0.3) is 10.9 Å². The molecule has 0 atom stereocenters. The Morgan fingerprint density at radius 2 is 1.73 bits per heavy atom. The fraction of sp³-hybridized carbons (Fsp3) is 0.455. The van der Waals surface area contributed by atoms with Crippen LogP contribution in [0.15, 0.2) is 24.5 Å². The highest BCUT2D eigenvalue weighted by Gasteiger charge is 2.25. The largest absolute Gasteiger partial charge is 0.368 e. The molecule has 0 bridgehead atoms. The summed E-state index contributed by atoms with van der Waals surface area (Å²) in [6.07, 6.45) is 4.11. The van der Waals surface area contributed by atoms with E-state index in [0.29, 0.717) is 0 Å². The van der Waals surface area contributed by atoms with Gasteiger partial charge in [-0.05, 0) is 44.9 Å². The second-order valence-corrected chi connectivity index (χ2v) is 9.22. The monoisotopic (exact) mass is 422 g/mol. The first-order valence-corrected chi connectivity index (χ1v) is 11.4. The number of hydrogen-bond donors (Lipinski definition) is 0. The van der Waals surface area contributed by atoms with E-state index in [1.807, 2.05) is 18.7 Å². The Kier molecular flexibility index (Phi) is 5.02. The van der Waals surface area contributed by atoms with Gasteiger partial charge in [0.1, 0.15) is 17.0 Å². The third-order valence-corrected chi connectivity index (χ3v) is 7.09. The topological polar surface area (TPSA) is 65.5 Å². The van der Waals surface area contributed by atoms with Crippen molar-refractivity contribution in [2.24, 2.45) is 0 Å². The lowest BCUT2D eigenvalue weighted by Gasteiger charge is -2.36. The number of amides is 1. The Hall–Kier alpha value is -2.74. The van der Waals surface area contributed by atoms with Crippen molar-refractivity contribution in [1.29, 1.82) is 0 Å². The number of rotatable bonds is 3. The zero-order valence-corrected chi connectivity index (χ0v) is 18.3. The van der Waals surface area contributed by atoms with Crippen molar-refractivity contribution in [3.63, 3.8) is 0 Å². The molecule has 2 aromatic heterocycles. The van der Waals surface area contributed by atoms with Crippen LogP contribution in [0.1, 0.15) is 33.2 Å². The molecule has 0 saturated carbocycles. The van der Waals surface area contributed by atoms with E-state index in [1.165, 1.54) is 29.9 Å². The van der Waals surface area contributed by atoms with Crippen LogP contribution in [0, 0.1) is 13.8 Å². The maximum Gasteiger partial charge on any atom is 0.265 e. The van der Waals surface area contributed by atoms with Gasteiger partial charge in [-0.1, -0.05) is 0 Å². The van der Waals surface area contributed by atoms with Gasteiger partial charge in [-0.15, -0.1) is 11.3 Å². The lowest BCUT2D eigenvalue weighted by atomic mass is 10.1. The highest BCUT2D eigenvalue weighted by atomic mass is 32.1. The van der Waals surface area contributed by atoms with Crippen molar-refractivity contribution in [3.05, 3.63) is 40.1 Å². The fourth-order valence-corrected chi connectivity index (χ4v) is 5.34. The molecule has 1 amide bonds. The number of carbonyl (C=O) groups is 1. The van der Waals surface area contributed by atoms with Gasteiger partial charge in [0.05, 0.1) is 16.2 Å². The molecule has 5 rings (SSSR count). The molecule has 30 heavy (non-hydrogen) atoms. The first-order chi connectivity index (χ1) is 14.6. The van der Waals surface area contributed by atoms with Crippen molar-refractivity contribution in [2.45, 2.75) is 26.7 Å². The van der Waals surface area contributed by atoms with E-state index >= 15 is 0 Å². The summed E-state index contributed by atoms with van der Waals surface area (Å²) in [5.41, 5.74) is 3.00. The number of thiazole rings is 1. The van der Waals surface area contributed by atoms with Crippen molar-refractivity contribution in [3.8, 4) is 0 Å². The lowest BCUT2D eigenvalue weighted by molar-refractivity contribution is 0.0750. The number of nitrogens with zero attached hydrogens (tertiary/aromatic N) is 6. The van der Waals surface area contributed by atoms with Gasteiger partial charge in [0.15, 0.2) is 0 Å². The predicted molar refractivity (Wildman–Crippen MR) is 121 cm³/mol. The molecule has 2 aliphatic rings. The molecule has 1 aromatic carbocycles. The van der Waals surface area contributed by atoms with E-state index in [9.17, 15) is 4.79 Å². The molecule has 0 radical (unpaired) electrons. The van der Waals surface area contributed by atoms with Gasteiger partial charge in [0.25, 0.3) is 5.91 Å². The first kappa shape index (κ1) is 19.2. The number of hydrogen-bond acceptors (Lipinski definition) is 7. The van der Waals surface area contributed by atoms with E-state index < -0.39 is 0 Å². The number of anilines is 2. The number of benzene rings is 1. The van der Waals surface area contributed by atoms with E-state index in [4.69, 9.17) is 0 Å². The van der Waals surface area contributed by atoms with Crippen molar-refractivity contribution in [2.75, 3.05) is 49.1 Å². The van der Waals surface area contributed by atoms with Gasteiger partial charge in [0, 0.05) is 50.3 Å². The van der Waals surface area contributed by atoms with Gasteiger partial charge in [-0.3, -0.25) is 4.79 Å². The van der Waals surface area contributed by atoms with Crippen LogP contribution < -0.4 is 9.80 Å². The van der Waals surface area contributed by atoms with Gasteiger partial charge in [0.2, 0.25) is 0 Å². The average molecular weight is 423 g/mol. The predicted octanol–water partition coefficient (Wildman–Crippen LogP) is 3.27. The smallest absolute Gasteiger partial charge is 0.265 e. The molecule has 8 heteroatoms. The molecule has 7 nitrogen and oxygen atoms in total. The van der Waals surface area contributed by atoms with Crippen LogP contribution in [0.3, 0.4) is 0 Å². The molecular formula is C22H26N6OS. The van der Waals surface area contributed by atoms with Crippen molar-refractivity contribution in [1.82, 2.24) is 19.9 Å². The van der Waals surface area contributed by atoms with Crippen LogP contribution in [-0.4, -0.2) is 65.0 Å². The standard InChI is InChI=1S/C22H26N6OS/c1-15-20(30-16(2)25-15)22(29)28-11-9-26(10-12-28)17-5-6-19-18(13-17)21(24-14-23-19)27-7-3-4-8-27/h5-6,13-14H,3-4,7-12H2,1-2H3. The van der Waals surface area contributed by atoms with E-state index in [2.05, 4.69) is 43.0 Å². The number of fused-ring (bicyclic) bond motifs is 1. The molecule has 3 aromatic rings. The van der Waals surface area contributed by atoms with Crippen LogP contribution in [-0.2, 0) is 0 Å². The lowest BCUT2D eigenvalue weighted by Crippen LogP contribution is -2.48. The van der Waals surface area contributed by atoms with E-state index in [-0.39, 0.29) is 5.91 Å². The summed E-state index contributed by atoms with van der Waals surface area (Å²) in [7, 11) is 0. The minimum Gasteiger partial charge on any atom is -0.368 e. The number of piperazine rings is 1. The van der Waals surface area contributed by atoms with Crippen molar-refractivity contribution >= 4 is 39.7 Å². The second-order valence-electron chi connectivity index (χ2n) is 8.02. The number of aromatic nitrogens is 3. The Morgan fingerprint density at radius 1 is 0.967 bits per heavy atom. The van der Waals surface area contributed by atoms with Gasteiger partial charge in [-0.2, -0.15) is 0 Å². The molecular weight excluding hydrogens is 396 g/mol. The second kappa shape index (κ2) is 7.83. The summed E-state index contributed by atoms with van der Waals surface area (Å²) in [4.78, 5) is 33.8. The summed E-state index contributed by atoms with van der Waals surface area (Å²) < 4.78 is 0. The minimum absolute atomic E-state index is 0.112. The van der Waals surface area contributed by atoms with Gasteiger partial charge in [-0.25, -0.2) is 15.0 Å². The van der Waals surface area contributed by atoms with Crippen LogP contribution in [0.5, 0.6) is 0 Å². The Labute approximate surface area is 180 Å². The Morgan fingerprint density at radius 3 is 2.43 bits per heavy atom. The maximum atomic E-state index is 12.9. The highest BCUT2D eigenvalue weighted by Crippen LogP contribution is 2.30. The summed E-state index contributed by atoms with van der Waals surface area (Å²) >= 11 is 1.49. The molecule has 2 fully saturated rings. The van der Waals surface area contributed by atoms with Crippen molar-refractivity contribution < 1.29 is 4.79 Å².